The maximum absolute atomic E-state index is 12.7. The summed E-state index contributed by atoms with van der Waals surface area (Å²) in [6, 6.07) is 10.0. The molecule has 0 spiro atoms. The first kappa shape index (κ1) is 19.4. The Hall–Kier alpha value is -1.88. The van der Waals surface area contributed by atoms with Crippen LogP contribution in [-0.2, 0) is 9.59 Å². The summed E-state index contributed by atoms with van der Waals surface area (Å²) < 4.78 is 0. The number of rotatable bonds is 7. The third-order valence-corrected chi connectivity index (χ3v) is 5.19. The SMILES string of the molecule is CCC(c1ccccc1)C1CCCN1C(=O)CNC(=O)[C@@H](N)C(C)C. The van der Waals surface area contributed by atoms with Gasteiger partial charge in [0, 0.05) is 18.5 Å². The fraction of sp³-hybridized carbons (Fsp3) is 0.600. The van der Waals surface area contributed by atoms with Crippen molar-refractivity contribution in [3.05, 3.63) is 35.9 Å². The molecule has 5 heteroatoms. The molecule has 3 N–H and O–H groups in total. The van der Waals surface area contributed by atoms with Gasteiger partial charge in [-0.15, -0.1) is 0 Å². The van der Waals surface area contributed by atoms with E-state index in [0.717, 1.165) is 25.8 Å². The second-order valence-electron chi connectivity index (χ2n) is 7.21. The second-order valence-corrected chi connectivity index (χ2v) is 7.21. The monoisotopic (exact) mass is 345 g/mol. The molecule has 1 aliphatic heterocycles. The van der Waals surface area contributed by atoms with Crippen LogP contribution in [0, 0.1) is 5.92 Å². The zero-order valence-electron chi connectivity index (χ0n) is 15.6. The van der Waals surface area contributed by atoms with Gasteiger partial charge in [0.25, 0.3) is 0 Å². The minimum atomic E-state index is -0.574. The summed E-state index contributed by atoms with van der Waals surface area (Å²) in [7, 11) is 0. The number of likely N-dealkylation sites (tertiary alicyclic amines) is 1. The molecular weight excluding hydrogens is 314 g/mol. The summed E-state index contributed by atoms with van der Waals surface area (Å²) >= 11 is 0. The van der Waals surface area contributed by atoms with Gasteiger partial charge >= 0.3 is 0 Å². The van der Waals surface area contributed by atoms with Crippen molar-refractivity contribution in [2.24, 2.45) is 11.7 Å². The van der Waals surface area contributed by atoms with Crippen LogP contribution in [0.2, 0.25) is 0 Å². The van der Waals surface area contributed by atoms with E-state index >= 15 is 0 Å². The Balaban J connectivity index is 2.00. The van der Waals surface area contributed by atoms with E-state index in [0.29, 0.717) is 5.92 Å². The zero-order chi connectivity index (χ0) is 18.4. The van der Waals surface area contributed by atoms with Crippen LogP contribution in [-0.4, -0.2) is 41.9 Å². The first-order chi connectivity index (χ1) is 12.0. The fourth-order valence-corrected chi connectivity index (χ4v) is 3.64. The highest BCUT2D eigenvalue weighted by Gasteiger charge is 2.34. The third-order valence-electron chi connectivity index (χ3n) is 5.19. The van der Waals surface area contributed by atoms with Crippen LogP contribution in [0.5, 0.6) is 0 Å². The van der Waals surface area contributed by atoms with E-state index in [-0.39, 0.29) is 30.3 Å². The highest BCUT2D eigenvalue weighted by Crippen LogP contribution is 2.33. The summed E-state index contributed by atoms with van der Waals surface area (Å²) in [5.41, 5.74) is 7.11. The van der Waals surface area contributed by atoms with E-state index in [1.54, 1.807) is 0 Å². The molecule has 1 fully saturated rings. The number of nitrogens with zero attached hydrogens (tertiary/aromatic N) is 1. The van der Waals surface area contributed by atoms with Gasteiger partial charge in [-0.25, -0.2) is 0 Å². The Bertz CT molecular complexity index is 574. The fourth-order valence-electron chi connectivity index (χ4n) is 3.64. The molecular formula is C20H31N3O2. The van der Waals surface area contributed by atoms with Crippen LogP contribution in [0.25, 0.3) is 0 Å². The third kappa shape index (κ3) is 4.82. The van der Waals surface area contributed by atoms with Gasteiger partial charge in [-0.1, -0.05) is 51.1 Å². The largest absolute Gasteiger partial charge is 0.346 e. The van der Waals surface area contributed by atoms with Crippen molar-refractivity contribution in [3.8, 4) is 0 Å². The van der Waals surface area contributed by atoms with E-state index in [2.05, 4.69) is 24.4 Å². The van der Waals surface area contributed by atoms with Crippen molar-refractivity contribution in [1.82, 2.24) is 10.2 Å². The summed E-state index contributed by atoms with van der Waals surface area (Å²) in [5.74, 6) is 0.119. The van der Waals surface area contributed by atoms with Gasteiger partial charge in [0.15, 0.2) is 0 Å². The molecule has 0 bridgehead atoms. The molecule has 1 saturated heterocycles. The molecule has 25 heavy (non-hydrogen) atoms. The van der Waals surface area contributed by atoms with Crippen LogP contribution in [0.4, 0.5) is 0 Å². The number of hydrogen-bond acceptors (Lipinski definition) is 3. The molecule has 3 atom stereocenters. The number of nitrogens with one attached hydrogen (secondary N) is 1. The van der Waals surface area contributed by atoms with E-state index in [1.807, 2.05) is 36.9 Å². The van der Waals surface area contributed by atoms with Crippen molar-refractivity contribution >= 4 is 11.8 Å². The van der Waals surface area contributed by atoms with Gasteiger partial charge < -0.3 is 16.0 Å². The normalized spacial score (nSPS) is 19.7. The lowest BCUT2D eigenvalue weighted by Crippen LogP contribution is -2.49. The molecule has 5 nitrogen and oxygen atoms in total. The summed E-state index contributed by atoms with van der Waals surface area (Å²) in [4.78, 5) is 26.6. The standard InChI is InChI=1S/C20H31N3O2/c1-4-16(15-9-6-5-7-10-15)17-11-8-12-23(17)18(24)13-22-20(25)19(21)14(2)3/h5-7,9-10,14,16-17,19H,4,8,11-13,21H2,1-3H3,(H,22,25)/t16?,17?,19-/m0/s1. The minimum Gasteiger partial charge on any atom is -0.346 e. The Morgan fingerprint density at radius 2 is 1.96 bits per heavy atom. The first-order valence-electron chi connectivity index (χ1n) is 9.33. The van der Waals surface area contributed by atoms with Gasteiger partial charge in [-0.05, 0) is 30.7 Å². The molecule has 1 aliphatic rings. The van der Waals surface area contributed by atoms with Crippen molar-refractivity contribution in [1.29, 1.82) is 0 Å². The first-order valence-corrected chi connectivity index (χ1v) is 9.33. The average Bonchev–Trinajstić information content (AvgIpc) is 3.09. The summed E-state index contributed by atoms with van der Waals surface area (Å²) in [6.07, 6.45) is 3.01. The minimum absolute atomic E-state index is 0.0128. The number of hydrogen-bond donors (Lipinski definition) is 2. The van der Waals surface area contributed by atoms with E-state index in [9.17, 15) is 9.59 Å². The smallest absolute Gasteiger partial charge is 0.242 e. The average molecular weight is 345 g/mol. The second kappa shape index (κ2) is 8.99. The molecule has 1 aromatic carbocycles. The molecule has 1 heterocycles. The number of carbonyl (C=O) groups excluding carboxylic acids is 2. The molecule has 0 aromatic heterocycles. The van der Waals surface area contributed by atoms with E-state index in [1.165, 1.54) is 5.56 Å². The molecule has 1 aromatic rings. The number of carbonyl (C=O) groups is 2. The maximum Gasteiger partial charge on any atom is 0.242 e. The highest BCUT2D eigenvalue weighted by molar-refractivity contribution is 5.87. The lowest BCUT2D eigenvalue weighted by Gasteiger charge is -2.32. The van der Waals surface area contributed by atoms with Crippen LogP contribution in [0.15, 0.2) is 30.3 Å². The van der Waals surface area contributed by atoms with Crippen LogP contribution in [0.1, 0.15) is 51.5 Å². The number of nitrogens with two attached hydrogens (primary N) is 1. The Morgan fingerprint density at radius 3 is 2.56 bits per heavy atom. The van der Waals surface area contributed by atoms with Crippen molar-refractivity contribution in [3.63, 3.8) is 0 Å². The van der Waals surface area contributed by atoms with Crippen molar-refractivity contribution in [2.75, 3.05) is 13.1 Å². The van der Waals surface area contributed by atoms with Gasteiger partial charge in [-0.2, -0.15) is 0 Å². The van der Waals surface area contributed by atoms with Crippen LogP contribution < -0.4 is 11.1 Å². The van der Waals surface area contributed by atoms with Crippen LogP contribution in [0.3, 0.4) is 0 Å². The molecule has 2 amide bonds. The summed E-state index contributed by atoms with van der Waals surface area (Å²) in [5, 5.41) is 2.70. The summed E-state index contributed by atoms with van der Waals surface area (Å²) in [6.45, 7) is 6.75. The molecule has 138 valence electrons. The van der Waals surface area contributed by atoms with Crippen molar-refractivity contribution < 1.29 is 9.59 Å². The lowest BCUT2D eigenvalue weighted by molar-refractivity contribution is -0.134. The van der Waals surface area contributed by atoms with Crippen molar-refractivity contribution in [2.45, 2.75) is 58.0 Å². The van der Waals surface area contributed by atoms with Gasteiger partial charge in [0.05, 0.1) is 12.6 Å². The Kier molecular flexibility index (Phi) is 7.00. The Morgan fingerprint density at radius 1 is 1.28 bits per heavy atom. The van der Waals surface area contributed by atoms with Gasteiger partial charge in [0.2, 0.25) is 11.8 Å². The van der Waals surface area contributed by atoms with Crippen LogP contribution >= 0.6 is 0 Å². The lowest BCUT2D eigenvalue weighted by atomic mass is 9.87. The predicted octanol–water partition coefficient (Wildman–Crippen LogP) is 2.27. The Labute approximate surface area is 151 Å². The van der Waals surface area contributed by atoms with E-state index in [4.69, 9.17) is 5.73 Å². The molecule has 0 aliphatic carbocycles. The zero-order valence-corrected chi connectivity index (χ0v) is 15.6. The molecule has 2 rings (SSSR count). The molecule has 0 radical (unpaired) electrons. The maximum atomic E-state index is 12.7. The molecule has 2 unspecified atom stereocenters. The van der Waals surface area contributed by atoms with Gasteiger partial charge in [0.1, 0.15) is 0 Å². The molecule has 0 saturated carbocycles. The quantitative estimate of drug-likeness (QED) is 0.796. The topological polar surface area (TPSA) is 75.4 Å². The van der Waals surface area contributed by atoms with E-state index < -0.39 is 6.04 Å². The van der Waals surface area contributed by atoms with Gasteiger partial charge in [-0.3, -0.25) is 9.59 Å². The number of amides is 2. The highest BCUT2D eigenvalue weighted by atomic mass is 16.2. The predicted molar refractivity (Wildman–Crippen MR) is 100 cm³/mol. The number of benzene rings is 1.